The highest BCUT2D eigenvalue weighted by molar-refractivity contribution is 7.92. The molecule has 1 N–H and O–H groups in total. The Labute approximate surface area is 133 Å². The summed E-state index contributed by atoms with van der Waals surface area (Å²) in [6.45, 7) is 3.49. The number of sulfonamides is 1. The monoisotopic (exact) mass is 332 g/mol. The molecule has 2 aromatic carbocycles. The molecule has 0 atom stereocenters. The SMILES string of the molecule is Cc1cc2oc(=O)n(C)c2cc1NS(=O)(=O)c1ccccc1C. The Hall–Kier alpha value is -2.54. The molecule has 0 saturated carbocycles. The van der Waals surface area contributed by atoms with Gasteiger partial charge in [-0.2, -0.15) is 0 Å². The molecule has 0 fully saturated rings. The predicted octanol–water partition coefficient (Wildman–Crippen LogP) is 2.55. The Bertz CT molecular complexity index is 1060. The highest BCUT2D eigenvalue weighted by atomic mass is 32.2. The van der Waals surface area contributed by atoms with Crippen LogP contribution in [0.15, 0.2) is 50.5 Å². The Kier molecular flexibility index (Phi) is 3.52. The summed E-state index contributed by atoms with van der Waals surface area (Å²) in [5.41, 5.74) is 2.70. The Morgan fingerprint density at radius 2 is 1.78 bits per heavy atom. The molecule has 0 unspecified atom stereocenters. The lowest BCUT2D eigenvalue weighted by Gasteiger charge is -2.12. The number of aryl methyl sites for hydroxylation is 3. The average Bonchev–Trinajstić information content (AvgIpc) is 2.74. The molecule has 0 radical (unpaired) electrons. The number of rotatable bonds is 3. The van der Waals surface area contributed by atoms with Crippen molar-refractivity contribution in [3.8, 4) is 0 Å². The lowest BCUT2D eigenvalue weighted by Crippen LogP contribution is -2.15. The van der Waals surface area contributed by atoms with E-state index in [9.17, 15) is 13.2 Å². The number of oxazole rings is 1. The minimum absolute atomic E-state index is 0.223. The first-order valence-corrected chi connectivity index (χ1v) is 8.46. The van der Waals surface area contributed by atoms with E-state index in [0.29, 0.717) is 27.9 Å². The number of aromatic nitrogens is 1. The number of benzene rings is 2. The standard InChI is InChI=1S/C16H16N2O4S/c1-10-6-4-5-7-15(10)23(20,21)17-12-9-13-14(8-11(12)2)22-16(19)18(13)3/h4-9,17H,1-3H3. The van der Waals surface area contributed by atoms with Crippen molar-refractivity contribution in [3.63, 3.8) is 0 Å². The van der Waals surface area contributed by atoms with Crippen LogP contribution in [0.25, 0.3) is 11.1 Å². The van der Waals surface area contributed by atoms with Crippen molar-refractivity contribution in [1.82, 2.24) is 4.57 Å². The third-order valence-corrected chi connectivity index (χ3v) is 5.29. The van der Waals surface area contributed by atoms with E-state index < -0.39 is 15.8 Å². The molecule has 0 aliphatic rings. The highest BCUT2D eigenvalue weighted by Crippen LogP contribution is 2.26. The van der Waals surface area contributed by atoms with E-state index in [1.807, 2.05) is 0 Å². The first-order chi connectivity index (χ1) is 10.8. The van der Waals surface area contributed by atoms with Gasteiger partial charge < -0.3 is 4.42 Å². The van der Waals surface area contributed by atoms with Crippen molar-refractivity contribution < 1.29 is 12.8 Å². The van der Waals surface area contributed by atoms with E-state index in [1.54, 1.807) is 57.3 Å². The molecule has 0 saturated heterocycles. The van der Waals surface area contributed by atoms with Crippen molar-refractivity contribution in [3.05, 3.63) is 58.1 Å². The lowest BCUT2D eigenvalue weighted by molar-refractivity contribution is 0.528. The summed E-state index contributed by atoms with van der Waals surface area (Å²) in [5, 5.41) is 0. The van der Waals surface area contributed by atoms with Crippen LogP contribution in [-0.2, 0) is 17.1 Å². The van der Waals surface area contributed by atoms with Crippen LogP contribution < -0.4 is 10.5 Å². The fourth-order valence-corrected chi connectivity index (χ4v) is 3.81. The van der Waals surface area contributed by atoms with Gasteiger partial charge in [0.2, 0.25) is 0 Å². The second-order valence-corrected chi connectivity index (χ2v) is 7.08. The molecule has 1 aromatic heterocycles. The first-order valence-electron chi connectivity index (χ1n) is 6.98. The molecule has 3 rings (SSSR count). The second-order valence-electron chi connectivity index (χ2n) is 5.43. The molecule has 0 spiro atoms. The second kappa shape index (κ2) is 5.27. The maximum absolute atomic E-state index is 12.6. The molecule has 0 aliphatic heterocycles. The van der Waals surface area contributed by atoms with Gasteiger partial charge >= 0.3 is 5.76 Å². The molecule has 3 aromatic rings. The van der Waals surface area contributed by atoms with Crippen LogP contribution in [0.4, 0.5) is 5.69 Å². The van der Waals surface area contributed by atoms with Crippen LogP contribution in [0.1, 0.15) is 11.1 Å². The number of hydrogen-bond acceptors (Lipinski definition) is 4. The van der Waals surface area contributed by atoms with Crippen molar-refractivity contribution >= 4 is 26.8 Å². The van der Waals surface area contributed by atoms with E-state index in [4.69, 9.17) is 4.42 Å². The van der Waals surface area contributed by atoms with Crippen LogP contribution in [0, 0.1) is 13.8 Å². The Balaban J connectivity index is 2.11. The van der Waals surface area contributed by atoms with E-state index in [-0.39, 0.29) is 4.90 Å². The summed E-state index contributed by atoms with van der Waals surface area (Å²) < 4.78 is 34.2. The summed E-state index contributed by atoms with van der Waals surface area (Å²) >= 11 is 0. The molecular weight excluding hydrogens is 316 g/mol. The van der Waals surface area contributed by atoms with Gasteiger partial charge in [0.05, 0.1) is 16.1 Å². The molecule has 1 heterocycles. The van der Waals surface area contributed by atoms with Crippen LogP contribution in [0.5, 0.6) is 0 Å². The van der Waals surface area contributed by atoms with Gasteiger partial charge in [0.1, 0.15) is 0 Å². The highest BCUT2D eigenvalue weighted by Gasteiger charge is 2.18. The predicted molar refractivity (Wildman–Crippen MR) is 88.2 cm³/mol. The number of fused-ring (bicyclic) bond motifs is 1. The van der Waals surface area contributed by atoms with Crippen LogP contribution in [-0.4, -0.2) is 13.0 Å². The number of nitrogens with zero attached hydrogens (tertiary/aromatic N) is 1. The molecule has 7 heteroatoms. The largest absolute Gasteiger partial charge is 0.419 e. The van der Waals surface area contributed by atoms with Gasteiger partial charge in [-0.1, -0.05) is 18.2 Å². The van der Waals surface area contributed by atoms with Gasteiger partial charge in [-0.3, -0.25) is 9.29 Å². The maximum Gasteiger partial charge on any atom is 0.419 e. The third-order valence-electron chi connectivity index (χ3n) is 3.77. The smallest absolute Gasteiger partial charge is 0.408 e. The van der Waals surface area contributed by atoms with Crippen molar-refractivity contribution in [2.75, 3.05) is 4.72 Å². The van der Waals surface area contributed by atoms with Crippen LogP contribution >= 0.6 is 0 Å². The normalized spacial score (nSPS) is 11.8. The number of nitrogens with one attached hydrogen (secondary N) is 1. The van der Waals surface area contributed by atoms with Gasteiger partial charge in [-0.25, -0.2) is 13.2 Å². The van der Waals surface area contributed by atoms with E-state index in [1.165, 1.54) is 4.57 Å². The van der Waals surface area contributed by atoms with E-state index in [0.717, 1.165) is 0 Å². The van der Waals surface area contributed by atoms with Crippen molar-refractivity contribution in [1.29, 1.82) is 0 Å². The summed E-state index contributed by atoms with van der Waals surface area (Å²) in [5.74, 6) is -0.488. The summed E-state index contributed by atoms with van der Waals surface area (Å²) in [6, 6.07) is 10.0. The Morgan fingerprint density at radius 1 is 1.09 bits per heavy atom. The van der Waals surface area contributed by atoms with Gasteiger partial charge in [-0.05, 0) is 43.2 Å². The molecule has 6 nitrogen and oxygen atoms in total. The van der Waals surface area contributed by atoms with E-state index >= 15 is 0 Å². The van der Waals surface area contributed by atoms with Gasteiger partial charge in [-0.15, -0.1) is 0 Å². The lowest BCUT2D eigenvalue weighted by atomic mass is 10.2. The number of anilines is 1. The minimum atomic E-state index is -3.71. The topological polar surface area (TPSA) is 81.3 Å². The minimum Gasteiger partial charge on any atom is -0.408 e. The summed E-state index contributed by atoms with van der Waals surface area (Å²) in [7, 11) is -2.14. The molecule has 120 valence electrons. The van der Waals surface area contributed by atoms with Crippen molar-refractivity contribution in [2.45, 2.75) is 18.7 Å². The summed E-state index contributed by atoms with van der Waals surface area (Å²) in [6.07, 6.45) is 0. The summed E-state index contributed by atoms with van der Waals surface area (Å²) in [4.78, 5) is 11.8. The number of hydrogen-bond donors (Lipinski definition) is 1. The molecule has 0 aliphatic carbocycles. The fraction of sp³-hybridized carbons (Fsp3) is 0.188. The van der Waals surface area contributed by atoms with Gasteiger partial charge in [0.15, 0.2) is 5.58 Å². The van der Waals surface area contributed by atoms with Crippen LogP contribution in [0.2, 0.25) is 0 Å². The maximum atomic E-state index is 12.6. The first kappa shape index (κ1) is 15.4. The molecular formula is C16H16N2O4S. The zero-order valence-corrected chi connectivity index (χ0v) is 13.8. The van der Waals surface area contributed by atoms with Crippen LogP contribution in [0.3, 0.4) is 0 Å². The zero-order valence-electron chi connectivity index (χ0n) is 13.0. The Morgan fingerprint density at radius 3 is 2.48 bits per heavy atom. The van der Waals surface area contributed by atoms with E-state index in [2.05, 4.69) is 4.72 Å². The quantitative estimate of drug-likeness (QED) is 0.799. The zero-order chi connectivity index (χ0) is 16.8. The van der Waals surface area contributed by atoms with Gasteiger partial charge in [0.25, 0.3) is 10.0 Å². The van der Waals surface area contributed by atoms with Gasteiger partial charge in [0, 0.05) is 7.05 Å². The van der Waals surface area contributed by atoms with Crippen molar-refractivity contribution in [2.24, 2.45) is 7.05 Å². The third kappa shape index (κ3) is 2.63. The molecule has 0 amide bonds. The molecule has 0 bridgehead atoms. The fourth-order valence-electron chi connectivity index (χ4n) is 2.44. The molecule has 23 heavy (non-hydrogen) atoms. The average molecular weight is 332 g/mol.